The summed E-state index contributed by atoms with van der Waals surface area (Å²) in [5.41, 5.74) is 3.53. The van der Waals surface area contributed by atoms with Crippen LogP contribution in [0.5, 0.6) is 0 Å². The second-order valence-electron chi connectivity index (χ2n) is 6.14. The van der Waals surface area contributed by atoms with E-state index in [2.05, 4.69) is 58.6 Å². The highest BCUT2D eigenvalue weighted by molar-refractivity contribution is 7.98. The Labute approximate surface area is 146 Å². The van der Waals surface area contributed by atoms with E-state index in [0.717, 1.165) is 25.5 Å². The molecule has 0 radical (unpaired) electrons. The summed E-state index contributed by atoms with van der Waals surface area (Å²) in [7, 11) is 0. The largest absolute Gasteiger partial charge is 0.377 e. The summed E-state index contributed by atoms with van der Waals surface area (Å²) >= 11 is 1.80. The van der Waals surface area contributed by atoms with Gasteiger partial charge in [0.2, 0.25) is 0 Å². The molecule has 3 aromatic rings. The Hall–Kier alpha value is -1.98. The number of hydrogen-bond acceptors (Lipinski definition) is 4. The summed E-state index contributed by atoms with van der Waals surface area (Å²) < 4.78 is 5.60. The molecular weight excluding hydrogens is 318 g/mol. The fraction of sp³-hybridized carbons (Fsp3) is 0.316. The summed E-state index contributed by atoms with van der Waals surface area (Å²) in [6.07, 6.45) is 3.95. The van der Waals surface area contributed by atoms with Crippen LogP contribution in [0.2, 0.25) is 0 Å². The third-order valence-corrected chi connectivity index (χ3v) is 5.43. The van der Waals surface area contributed by atoms with Crippen LogP contribution in [0.1, 0.15) is 6.92 Å². The summed E-state index contributed by atoms with van der Waals surface area (Å²) in [5.74, 6) is 0. The van der Waals surface area contributed by atoms with Crippen molar-refractivity contribution in [1.82, 2.24) is 10.2 Å². The minimum absolute atomic E-state index is 0.394. The Morgan fingerprint density at radius 3 is 2.92 bits per heavy atom. The van der Waals surface area contributed by atoms with Crippen molar-refractivity contribution in [2.45, 2.75) is 17.9 Å². The number of aromatic nitrogens is 2. The molecule has 4 rings (SSSR count). The molecule has 124 valence electrons. The standard InChI is InChI=1S/C19H21N3OS/c1-13-12-23-9-8-22(13)14-10-17-15(18-6-7-20-21-18)4-3-5-16(17)19(11-14)24-2/h3-7,10-11,13H,8-9,12H2,1-2H3,(H,20,21)/t13-/m1/s1. The van der Waals surface area contributed by atoms with Crippen molar-refractivity contribution >= 4 is 28.2 Å². The van der Waals surface area contributed by atoms with Gasteiger partial charge in [-0.05, 0) is 42.2 Å². The molecule has 0 unspecified atom stereocenters. The molecule has 0 spiro atoms. The molecule has 1 aromatic heterocycles. The van der Waals surface area contributed by atoms with Gasteiger partial charge in [0.25, 0.3) is 0 Å². The van der Waals surface area contributed by atoms with Crippen LogP contribution >= 0.6 is 11.8 Å². The van der Waals surface area contributed by atoms with E-state index < -0.39 is 0 Å². The van der Waals surface area contributed by atoms with Crippen LogP contribution in [-0.4, -0.2) is 42.3 Å². The molecule has 0 bridgehead atoms. The van der Waals surface area contributed by atoms with Crippen molar-refractivity contribution in [1.29, 1.82) is 0 Å². The number of benzene rings is 2. The summed E-state index contributed by atoms with van der Waals surface area (Å²) in [4.78, 5) is 3.76. The highest BCUT2D eigenvalue weighted by Gasteiger charge is 2.21. The van der Waals surface area contributed by atoms with Gasteiger partial charge in [0, 0.05) is 34.9 Å². The third kappa shape index (κ3) is 2.68. The predicted molar refractivity (Wildman–Crippen MR) is 101 cm³/mol. The van der Waals surface area contributed by atoms with E-state index >= 15 is 0 Å². The SMILES string of the molecule is CSc1cc(N2CCOC[C@H]2C)cc2c(-c3ccn[nH]3)cccc12. The smallest absolute Gasteiger partial charge is 0.0668 e. The van der Waals surface area contributed by atoms with Gasteiger partial charge in [-0.2, -0.15) is 5.10 Å². The first-order chi connectivity index (χ1) is 11.8. The lowest BCUT2D eigenvalue weighted by Crippen LogP contribution is -2.43. The van der Waals surface area contributed by atoms with E-state index in [1.807, 2.05) is 6.07 Å². The van der Waals surface area contributed by atoms with Crippen LogP contribution in [0.4, 0.5) is 5.69 Å². The number of rotatable bonds is 3. The van der Waals surface area contributed by atoms with Crippen molar-refractivity contribution in [2.24, 2.45) is 0 Å². The van der Waals surface area contributed by atoms with E-state index in [4.69, 9.17) is 4.74 Å². The monoisotopic (exact) mass is 339 g/mol. The van der Waals surface area contributed by atoms with E-state index in [-0.39, 0.29) is 0 Å². The van der Waals surface area contributed by atoms with Gasteiger partial charge in [0.1, 0.15) is 0 Å². The van der Waals surface area contributed by atoms with E-state index in [1.54, 1.807) is 18.0 Å². The molecule has 0 saturated carbocycles. The Morgan fingerprint density at radius 1 is 1.25 bits per heavy atom. The average Bonchev–Trinajstić information content (AvgIpc) is 3.15. The number of nitrogens with one attached hydrogen (secondary N) is 1. The van der Waals surface area contributed by atoms with Gasteiger partial charge in [0.15, 0.2) is 0 Å². The number of thioether (sulfide) groups is 1. The van der Waals surface area contributed by atoms with Gasteiger partial charge < -0.3 is 9.64 Å². The number of H-pyrrole nitrogens is 1. The van der Waals surface area contributed by atoms with Crippen molar-refractivity contribution in [3.63, 3.8) is 0 Å². The molecule has 2 heterocycles. The van der Waals surface area contributed by atoms with Crippen molar-refractivity contribution in [2.75, 3.05) is 30.9 Å². The molecule has 0 amide bonds. The highest BCUT2D eigenvalue weighted by atomic mass is 32.2. The summed E-state index contributed by atoms with van der Waals surface area (Å²) in [6.45, 7) is 4.74. The highest BCUT2D eigenvalue weighted by Crippen LogP contribution is 2.37. The molecule has 4 nitrogen and oxygen atoms in total. The van der Waals surface area contributed by atoms with Crippen molar-refractivity contribution < 1.29 is 4.74 Å². The number of aromatic amines is 1. The van der Waals surface area contributed by atoms with Crippen molar-refractivity contribution in [3.05, 3.63) is 42.6 Å². The maximum Gasteiger partial charge on any atom is 0.0668 e. The fourth-order valence-corrected chi connectivity index (χ4v) is 4.06. The molecule has 1 aliphatic heterocycles. The Kier molecular flexibility index (Phi) is 4.21. The molecule has 0 aliphatic carbocycles. The number of fused-ring (bicyclic) bond motifs is 1. The van der Waals surface area contributed by atoms with Gasteiger partial charge in [0.05, 0.1) is 18.9 Å². The second-order valence-corrected chi connectivity index (χ2v) is 6.98. The zero-order chi connectivity index (χ0) is 16.5. The first-order valence-electron chi connectivity index (χ1n) is 8.23. The lowest BCUT2D eigenvalue weighted by molar-refractivity contribution is 0.0989. The number of hydrogen-bond donors (Lipinski definition) is 1. The zero-order valence-corrected chi connectivity index (χ0v) is 14.8. The van der Waals surface area contributed by atoms with Crippen LogP contribution in [-0.2, 0) is 4.74 Å². The van der Waals surface area contributed by atoms with Crippen molar-refractivity contribution in [3.8, 4) is 11.3 Å². The summed E-state index contributed by atoms with van der Waals surface area (Å²) in [6, 6.07) is 13.5. The maximum absolute atomic E-state index is 5.60. The van der Waals surface area contributed by atoms with Gasteiger partial charge in [-0.25, -0.2) is 0 Å². The Balaban J connectivity index is 1.92. The Morgan fingerprint density at radius 2 is 2.17 bits per heavy atom. The predicted octanol–water partition coefficient (Wildman–Crippen LogP) is 4.18. The number of morpholine rings is 1. The van der Waals surface area contributed by atoms with Gasteiger partial charge in [-0.15, -0.1) is 11.8 Å². The molecule has 1 atom stereocenters. The number of anilines is 1. The second kappa shape index (κ2) is 6.49. The Bertz CT molecular complexity index is 847. The van der Waals surface area contributed by atoms with E-state index in [1.165, 1.54) is 26.9 Å². The van der Waals surface area contributed by atoms with Gasteiger partial charge >= 0.3 is 0 Å². The maximum atomic E-state index is 5.60. The first kappa shape index (κ1) is 15.5. The molecule has 1 aliphatic rings. The molecule has 2 aromatic carbocycles. The van der Waals surface area contributed by atoms with Crippen LogP contribution in [0, 0.1) is 0 Å². The van der Waals surface area contributed by atoms with Crippen LogP contribution in [0.25, 0.3) is 22.0 Å². The molecule has 5 heteroatoms. The average molecular weight is 339 g/mol. The molecular formula is C19H21N3OS. The van der Waals surface area contributed by atoms with Gasteiger partial charge in [-0.1, -0.05) is 18.2 Å². The quantitative estimate of drug-likeness (QED) is 0.727. The van der Waals surface area contributed by atoms with E-state index in [0.29, 0.717) is 6.04 Å². The molecule has 1 saturated heterocycles. The lowest BCUT2D eigenvalue weighted by atomic mass is 10.0. The van der Waals surface area contributed by atoms with Crippen LogP contribution < -0.4 is 4.90 Å². The molecule has 1 N–H and O–H groups in total. The van der Waals surface area contributed by atoms with Gasteiger partial charge in [-0.3, -0.25) is 5.10 Å². The van der Waals surface area contributed by atoms with Crippen LogP contribution in [0.3, 0.4) is 0 Å². The minimum atomic E-state index is 0.394. The van der Waals surface area contributed by atoms with E-state index in [9.17, 15) is 0 Å². The lowest BCUT2D eigenvalue weighted by Gasteiger charge is -2.35. The number of ether oxygens (including phenoxy) is 1. The normalized spacial score (nSPS) is 18.2. The third-order valence-electron chi connectivity index (χ3n) is 4.65. The fourth-order valence-electron chi connectivity index (χ4n) is 3.42. The topological polar surface area (TPSA) is 41.1 Å². The molecule has 24 heavy (non-hydrogen) atoms. The number of nitrogens with zero attached hydrogens (tertiary/aromatic N) is 2. The van der Waals surface area contributed by atoms with Crippen LogP contribution in [0.15, 0.2) is 47.5 Å². The molecule has 1 fully saturated rings. The summed E-state index contributed by atoms with van der Waals surface area (Å²) in [5, 5.41) is 9.77. The first-order valence-corrected chi connectivity index (χ1v) is 9.45. The zero-order valence-electron chi connectivity index (χ0n) is 14.0. The minimum Gasteiger partial charge on any atom is -0.377 e.